The van der Waals surface area contributed by atoms with E-state index < -0.39 is 39.5 Å². The minimum Gasteiger partial charge on any atom is -0.480 e. The Labute approximate surface area is 206 Å². The number of furan rings is 1. The Morgan fingerprint density at radius 1 is 0.917 bits per heavy atom. The number of sulfone groups is 1. The fraction of sp³-hybridized carbons (Fsp3) is 0.192. The Hall–Kier alpha value is -4.02. The maximum Gasteiger partial charge on any atom is 0.320 e. The number of fused-ring (bicyclic) bond motifs is 4. The summed E-state index contributed by atoms with van der Waals surface area (Å²) >= 11 is 0. The number of imide groups is 1. The Morgan fingerprint density at radius 2 is 1.56 bits per heavy atom. The van der Waals surface area contributed by atoms with E-state index in [4.69, 9.17) is 4.42 Å². The Balaban J connectivity index is 1.24. The van der Waals surface area contributed by atoms with Crippen LogP contribution in [0, 0.1) is 0 Å². The predicted octanol–water partition coefficient (Wildman–Crippen LogP) is 3.44. The SMILES string of the molecule is O=C(O)C(CCCN1C(=O)c2ccccc2C1=O)NCS(=O)(=O)c1ccc2oc3ccccc3c2c1. The van der Waals surface area contributed by atoms with Gasteiger partial charge in [0.25, 0.3) is 11.8 Å². The summed E-state index contributed by atoms with van der Waals surface area (Å²) in [4.78, 5) is 37.8. The average Bonchev–Trinajstić information content (AvgIpc) is 3.36. The van der Waals surface area contributed by atoms with Crippen LogP contribution in [0.15, 0.2) is 76.0 Å². The monoisotopic (exact) mass is 506 g/mol. The van der Waals surface area contributed by atoms with E-state index in [1.807, 2.05) is 18.2 Å². The van der Waals surface area contributed by atoms with Gasteiger partial charge < -0.3 is 9.52 Å². The Morgan fingerprint density at radius 3 is 2.25 bits per heavy atom. The number of para-hydroxylation sites is 1. The van der Waals surface area contributed by atoms with Crippen LogP contribution in [0.5, 0.6) is 0 Å². The van der Waals surface area contributed by atoms with Crippen molar-refractivity contribution in [2.45, 2.75) is 23.8 Å². The normalized spacial score (nSPS) is 14.5. The first-order valence-electron chi connectivity index (χ1n) is 11.3. The maximum atomic E-state index is 13.0. The van der Waals surface area contributed by atoms with E-state index >= 15 is 0 Å². The number of benzene rings is 3. The molecular weight excluding hydrogens is 484 g/mol. The fourth-order valence-electron chi connectivity index (χ4n) is 4.40. The molecule has 2 amide bonds. The molecule has 10 heteroatoms. The lowest BCUT2D eigenvalue weighted by atomic mass is 10.1. The first-order chi connectivity index (χ1) is 17.3. The summed E-state index contributed by atoms with van der Waals surface area (Å²) in [5.41, 5.74) is 1.84. The van der Waals surface area contributed by atoms with Gasteiger partial charge in [-0.05, 0) is 49.2 Å². The number of amides is 2. The van der Waals surface area contributed by atoms with Crippen LogP contribution >= 0.6 is 0 Å². The van der Waals surface area contributed by atoms with Crippen molar-refractivity contribution in [3.8, 4) is 0 Å². The predicted molar refractivity (Wildman–Crippen MR) is 131 cm³/mol. The lowest BCUT2D eigenvalue weighted by molar-refractivity contribution is -0.139. The molecule has 0 bridgehead atoms. The third-order valence-electron chi connectivity index (χ3n) is 6.28. The number of hydrogen-bond donors (Lipinski definition) is 2. The highest BCUT2D eigenvalue weighted by Crippen LogP contribution is 2.30. The van der Waals surface area contributed by atoms with E-state index in [1.54, 1.807) is 36.4 Å². The van der Waals surface area contributed by atoms with Crippen LogP contribution in [0.2, 0.25) is 0 Å². The van der Waals surface area contributed by atoms with Gasteiger partial charge >= 0.3 is 5.97 Å². The molecule has 2 N–H and O–H groups in total. The Kier molecular flexibility index (Phi) is 6.07. The highest BCUT2D eigenvalue weighted by Gasteiger charge is 2.35. The highest BCUT2D eigenvalue weighted by atomic mass is 32.2. The second-order valence-electron chi connectivity index (χ2n) is 8.56. The first kappa shape index (κ1) is 23.7. The fourth-order valence-corrected chi connectivity index (χ4v) is 5.56. The van der Waals surface area contributed by atoms with Crippen molar-refractivity contribution in [2.24, 2.45) is 0 Å². The number of carbonyl (C=O) groups excluding carboxylic acids is 2. The molecule has 1 unspecified atom stereocenters. The number of hydrogen-bond acceptors (Lipinski definition) is 7. The maximum absolute atomic E-state index is 13.0. The number of carboxylic acid groups (broad SMARTS) is 1. The largest absolute Gasteiger partial charge is 0.480 e. The molecule has 0 fully saturated rings. The zero-order valence-electron chi connectivity index (χ0n) is 19.0. The first-order valence-corrected chi connectivity index (χ1v) is 13.0. The van der Waals surface area contributed by atoms with E-state index in [1.165, 1.54) is 12.1 Å². The summed E-state index contributed by atoms with van der Waals surface area (Å²) in [5.74, 6) is -2.64. The van der Waals surface area contributed by atoms with Crippen molar-refractivity contribution in [1.29, 1.82) is 0 Å². The molecule has 1 aliphatic rings. The second kappa shape index (κ2) is 9.21. The van der Waals surface area contributed by atoms with Gasteiger partial charge in [0.05, 0.1) is 16.0 Å². The van der Waals surface area contributed by atoms with Crippen LogP contribution in [0.4, 0.5) is 0 Å². The third-order valence-corrected chi connectivity index (χ3v) is 7.80. The van der Waals surface area contributed by atoms with Crippen molar-refractivity contribution < 1.29 is 32.3 Å². The number of nitrogens with one attached hydrogen (secondary N) is 1. The third kappa shape index (κ3) is 4.25. The summed E-state index contributed by atoms with van der Waals surface area (Å²) in [7, 11) is -3.86. The molecule has 0 aliphatic carbocycles. The summed E-state index contributed by atoms with van der Waals surface area (Å²) < 4.78 is 31.7. The quantitative estimate of drug-likeness (QED) is 0.330. The summed E-state index contributed by atoms with van der Waals surface area (Å²) in [6, 6.07) is 17.2. The average molecular weight is 507 g/mol. The molecule has 36 heavy (non-hydrogen) atoms. The van der Waals surface area contributed by atoms with Gasteiger partial charge in [0.1, 0.15) is 23.1 Å². The summed E-state index contributed by atoms with van der Waals surface area (Å²) in [6.45, 7) is 0.0365. The van der Waals surface area contributed by atoms with Crippen molar-refractivity contribution in [2.75, 3.05) is 12.4 Å². The van der Waals surface area contributed by atoms with E-state index in [-0.39, 0.29) is 24.3 Å². The second-order valence-corrected chi connectivity index (χ2v) is 10.5. The van der Waals surface area contributed by atoms with Crippen LogP contribution < -0.4 is 5.32 Å². The summed E-state index contributed by atoms with van der Waals surface area (Å²) in [5, 5.41) is 13.6. The van der Waals surface area contributed by atoms with Gasteiger partial charge in [-0.1, -0.05) is 30.3 Å². The van der Waals surface area contributed by atoms with Crippen LogP contribution in [0.1, 0.15) is 33.6 Å². The zero-order chi connectivity index (χ0) is 25.4. The van der Waals surface area contributed by atoms with Gasteiger partial charge in [-0.3, -0.25) is 24.6 Å². The van der Waals surface area contributed by atoms with Gasteiger partial charge in [-0.2, -0.15) is 0 Å². The van der Waals surface area contributed by atoms with Crippen LogP contribution in [-0.4, -0.2) is 54.7 Å². The van der Waals surface area contributed by atoms with Crippen molar-refractivity contribution in [3.63, 3.8) is 0 Å². The van der Waals surface area contributed by atoms with Gasteiger partial charge in [-0.15, -0.1) is 0 Å². The molecule has 1 aliphatic heterocycles. The van der Waals surface area contributed by atoms with Crippen molar-refractivity contribution in [1.82, 2.24) is 10.2 Å². The van der Waals surface area contributed by atoms with Gasteiger partial charge in [0.15, 0.2) is 9.84 Å². The topological polar surface area (TPSA) is 134 Å². The molecule has 0 saturated carbocycles. The Bertz CT molecular complexity index is 1590. The number of aliphatic carboxylic acids is 1. The molecule has 1 aromatic heterocycles. The van der Waals surface area contributed by atoms with E-state index in [0.29, 0.717) is 27.7 Å². The van der Waals surface area contributed by atoms with Crippen LogP contribution in [0.25, 0.3) is 21.9 Å². The molecule has 0 spiro atoms. The zero-order valence-corrected chi connectivity index (χ0v) is 19.8. The minimum atomic E-state index is -3.86. The van der Waals surface area contributed by atoms with Crippen LogP contribution in [-0.2, 0) is 14.6 Å². The molecule has 0 saturated heterocycles. The summed E-state index contributed by atoms with van der Waals surface area (Å²) in [6.07, 6.45) is 0.228. The molecular formula is C26H22N2O7S. The number of carbonyl (C=O) groups is 3. The van der Waals surface area contributed by atoms with Gasteiger partial charge in [-0.25, -0.2) is 8.42 Å². The molecule has 3 aromatic carbocycles. The van der Waals surface area contributed by atoms with Crippen molar-refractivity contribution >= 4 is 49.6 Å². The molecule has 1 atom stereocenters. The highest BCUT2D eigenvalue weighted by molar-refractivity contribution is 7.91. The van der Waals surface area contributed by atoms with E-state index in [2.05, 4.69) is 5.32 Å². The molecule has 9 nitrogen and oxygen atoms in total. The number of nitrogens with zero attached hydrogens (tertiary/aromatic N) is 1. The van der Waals surface area contributed by atoms with Gasteiger partial charge in [0.2, 0.25) is 0 Å². The van der Waals surface area contributed by atoms with Crippen LogP contribution in [0.3, 0.4) is 0 Å². The number of rotatable bonds is 9. The molecule has 184 valence electrons. The molecule has 2 heterocycles. The minimum absolute atomic E-state index is 0.0314. The van der Waals surface area contributed by atoms with E-state index in [9.17, 15) is 27.9 Å². The lowest BCUT2D eigenvalue weighted by Gasteiger charge is -2.17. The standard InChI is InChI=1S/C26H22N2O7S/c29-24-18-7-1-2-8-19(18)25(30)28(24)13-5-9-21(26(31)32)27-15-36(33,34)16-11-12-23-20(14-16)17-6-3-4-10-22(17)35-23/h1-4,6-8,10-12,14,21,27H,5,9,13,15H2,(H,31,32). The number of carboxylic acids is 1. The molecule has 5 rings (SSSR count). The molecule has 0 radical (unpaired) electrons. The lowest BCUT2D eigenvalue weighted by Crippen LogP contribution is -2.40. The smallest absolute Gasteiger partial charge is 0.320 e. The van der Waals surface area contributed by atoms with Crippen molar-refractivity contribution in [3.05, 3.63) is 77.9 Å². The van der Waals surface area contributed by atoms with Gasteiger partial charge in [0, 0.05) is 17.3 Å². The molecule has 4 aromatic rings. The van der Waals surface area contributed by atoms with E-state index in [0.717, 1.165) is 10.3 Å².